The van der Waals surface area contributed by atoms with Crippen LogP contribution in [0.15, 0.2) is 18.3 Å². The molecule has 2 rings (SSSR count). The van der Waals surface area contributed by atoms with Crippen molar-refractivity contribution >= 4 is 0 Å². The van der Waals surface area contributed by atoms with Gasteiger partial charge in [0.25, 0.3) is 0 Å². The van der Waals surface area contributed by atoms with E-state index in [9.17, 15) is 5.11 Å². The molecule has 1 aliphatic rings. The number of likely N-dealkylation sites (tertiary alicyclic amines) is 1. The van der Waals surface area contributed by atoms with Crippen LogP contribution in [0.5, 0.6) is 0 Å². The van der Waals surface area contributed by atoms with Crippen LogP contribution in [-0.4, -0.2) is 34.2 Å². The fraction of sp³-hybridized carbons (Fsp3) is 0.667. The summed E-state index contributed by atoms with van der Waals surface area (Å²) in [5, 5.41) is 9.65. The standard InChI is InChI=1S/C15H24N2O/c1-15(2,3)14-7-6-12(9-16-14)10-17-8-4-5-13(18)11-17/h6-7,9,13,18H,4-5,8,10-11H2,1-3H3/t13-/m0/s1. The number of hydrogen-bond donors (Lipinski definition) is 1. The summed E-state index contributed by atoms with van der Waals surface area (Å²) in [5.41, 5.74) is 2.47. The summed E-state index contributed by atoms with van der Waals surface area (Å²) in [7, 11) is 0. The molecule has 1 aromatic heterocycles. The van der Waals surface area contributed by atoms with E-state index in [2.05, 4.69) is 42.8 Å². The Kier molecular flexibility index (Phi) is 4.03. The van der Waals surface area contributed by atoms with Crippen LogP contribution >= 0.6 is 0 Å². The average Bonchev–Trinajstić information content (AvgIpc) is 2.28. The maximum absolute atomic E-state index is 9.65. The Morgan fingerprint density at radius 1 is 1.39 bits per heavy atom. The minimum absolute atomic E-state index is 0.111. The van der Waals surface area contributed by atoms with Crippen molar-refractivity contribution in [3.05, 3.63) is 29.6 Å². The Labute approximate surface area is 110 Å². The van der Waals surface area contributed by atoms with Gasteiger partial charge in [-0.3, -0.25) is 9.88 Å². The number of aromatic nitrogens is 1. The van der Waals surface area contributed by atoms with Crippen molar-refractivity contribution < 1.29 is 5.11 Å². The predicted octanol–water partition coefficient (Wildman–Crippen LogP) is 2.34. The van der Waals surface area contributed by atoms with Gasteiger partial charge >= 0.3 is 0 Å². The summed E-state index contributed by atoms with van der Waals surface area (Å²) < 4.78 is 0. The van der Waals surface area contributed by atoms with Crippen molar-refractivity contribution in [2.45, 2.75) is 51.7 Å². The summed E-state index contributed by atoms with van der Waals surface area (Å²) in [4.78, 5) is 6.85. The molecule has 0 unspecified atom stereocenters. The zero-order chi connectivity index (χ0) is 13.2. The number of β-amino-alcohol motifs (C(OH)–C–C–N with tert-alkyl or cyclic N) is 1. The van der Waals surface area contributed by atoms with Crippen molar-refractivity contribution in [2.24, 2.45) is 0 Å². The van der Waals surface area contributed by atoms with Gasteiger partial charge < -0.3 is 5.11 Å². The first kappa shape index (κ1) is 13.5. The molecule has 0 aliphatic carbocycles. The van der Waals surface area contributed by atoms with Crippen molar-refractivity contribution in [3.63, 3.8) is 0 Å². The third-order valence-electron chi connectivity index (χ3n) is 3.48. The van der Waals surface area contributed by atoms with Gasteiger partial charge in [-0.2, -0.15) is 0 Å². The van der Waals surface area contributed by atoms with E-state index in [0.29, 0.717) is 0 Å². The SMILES string of the molecule is CC(C)(C)c1ccc(CN2CCC[C@H](O)C2)cn1. The molecule has 0 radical (unpaired) electrons. The third-order valence-corrected chi connectivity index (χ3v) is 3.48. The molecule has 0 saturated carbocycles. The lowest BCUT2D eigenvalue weighted by Gasteiger charge is -2.30. The molecule has 1 aromatic rings. The summed E-state index contributed by atoms with van der Waals surface area (Å²) >= 11 is 0. The third kappa shape index (κ3) is 3.53. The van der Waals surface area contributed by atoms with E-state index in [1.807, 2.05) is 6.20 Å². The Bertz CT molecular complexity index is 380. The van der Waals surface area contributed by atoms with Crippen molar-refractivity contribution in [2.75, 3.05) is 13.1 Å². The maximum atomic E-state index is 9.65. The summed E-state index contributed by atoms with van der Waals surface area (Å²) in [5.74, 6) is 0. The van der Waals surface area contributed by atoms with Gasteiger partial charge in [0.1, 0.15) is 0 Å². The molecule has 1 fully saturated rings. The summed E-state index contributed by atoms with van der Waals surface area (Å²) in [6.07, 6.45) is 3.86. The first-order valence-electron chi connectivity index (χ1n) is 6.81. The van der Waals surface area contributed by atoms with Crippen LogP contribution in [0.25, 0.3) is 0 Å². The normalized spacial score (nSPS) is 22.1. The molecule has 0 amide bonds. The predicted molar refractivity (Wildman–Crippen MR) is 73.5 cm³/mol. The van der Waals surface area contributed by atoms with Crippen molar-refractivity contribution in [1.29, 1.82) is 0 Å². The minimum atomic E-state index is -0.152. The zero-order valence-electron chi connectivity index (χ0n) is 11.7. The maximum Gasteiger partial charge on any atom is 0.0667 e. The molecule has 0 aromatic carbocycles. The van der Waals surface area contributed by atoms with E-state index in [1.165, 1.54) is 5.56 Å². The lowest BCUT2D eigenvalue weighted by Crippen LogP contribution is -2.37. The lowest BCUT2D eigenvalue weighted by atomic mass is 9.91. The van der Waals surface area contributed by atoms with Gasteiger partial charge in [-0.25, -0.2) is 0 Å². The van der Waals surface area contributed by atoms with Gasteiger partial charge in [0, 0.05) is 30.4 Å². The summed E-state index contributed by atoms with van der Waals surface area (Å²) in [6, 6.07) is 4.28. The number of pyridine rings is 1. The quantitative estimate of drug-likeness (QED) is 0.872. The Morgan fingerprint density at radius 2 is 2.17 bits per heavy atom. The second-order valence-corrected chi connectivity index (χ2v) is 6.33. The van der Waals surface area contributed by atoms with E-state index in [1.54, 1.807) is 0 Å². The van der Waals surface area contributed by atoms with Crippen molar-refractivity contribution in [3.8, 4) is 0 Å². The first-order chi connectivity index (χ1) is 8.45. The van der Waals surface area contributed by atoms with Crippen LogP contribution in [0.3, 0.4) is 0 Å². The Hall–Kier alpha value is -0.930. The molecule has 100 valence electrons. The van der Waals surface area contributed by atoms with Crippen molar-refractivity contribution in [1.82, 2.24) is 9.88 Å². The number of aliphatic hydroxyl groups excluding tert-OH is 1. The smallest absolute Gasteiger partial charge is 0.0667 e. The Morgan fingerprint density at radius 3 is 2.72 bits per heavy atom. The molecular weight excluding hydrogens is 224 g/mol. The molecule has 1 saturated heterocycles. The largest absolute Gasteiger partial charge is 0.392 e. The van der Waals surface area contributed by atoms with Crippen LogP contribution in [-0.2, 0) is 12.0 Å². The minimum Gasteiger partial charge on any atom is -0.392 e. The fourth-order valence-electron chi connectivity index (χ4n) is 2.39. The van der Waals surface area contributed by atoms with Gasteiger partial charge in [0.2, 0.25) is 0 Å². The highest BCUT2D eigenvalue weighted by Gasteiger charge is 2.18. The van der Waals surface area contributed by atoms with E-state index in [-0.39, 0.29) is 11.5 Å². The van der Waals surface area contributed by atoms with Gasteiger partial charge in [0.15, 0.2) is 0 Å². The number of piperidine rings is 1. The molecule has 1 N–H and O–H groups in total. The van der Waals surface area contributed by atoms with Gasteiger partial charge in [0.05, 0.1) is 6.10 Å². The van der Waals surface area contributed by atoms with Crippen LogP contribution in [0.4, 0.5) is 0 Å². The van der Waals surface area contributed by atoms with E-state index in [4.69, 9.17) is 0 Å². The average molecular weight is 248 g/mol. The molecule has 1 atom stereocenters. The Balaban J connectivity index is 1.98. The zero-order valence-corrected chi connectivity index (χ0v) is 11.7. The number of aliphatic hydroxyl groups is 1. The highest BCUT2D eigenvalue weighted by atomic mass is 16.3. The molecule has 0 bridgehead atoms. The van der Waals surface area contributed by atoms with Gasteiger partial charge in [-0.1, -0.05) is 26.8 Å². The molecule has 0 spiro atoms. The topological polar surface area (TPSA) is 36.4 Å². The second-order valence-electron chi connectivity index (χ2n) is 6.33. The fourth-order valence-corrected chi connectivity index (χ4v) is 2.39. The number of rotatable bonds is 2. The van der Waals surface area contributed by atoms with Gasteiger partial charge in [-0.15, -0.1) is 0 Å². The summed E-state index contributed by atoms with van der Waals surface area (Å²) in [6.45, 7) is 9.30. The lowest BCUT2D eigenvalue weighted by molar-refractivity contribution is 0.0668. The second kappa shape index (κ2) is 5.37. The highest BCUT2D eigenvalue weighted by Crippen LogP contribution is 2.20. The molecule has 3 heteroatoms. The van der Waals surface area contributed by atoms with Gasteiger partial charge in [-0.05, 0) is 31.0 Å². The molecule has 2 heterocycles. The van der Waals surface area contributed by atoms with Crippen LogP contribution in [0.2, 0.25) is 0 Å². The molecule has 1 aliphatic heterocycles. The molecule has 3 nitrogen and oxygen atoms in total. The highest BCUT2D eigenvalue weighted by molar-refractivity contribution is 5.19. The molecule has 18 heavy (non-hydrogen) atoms. The van der Waals surface area contributed by atoms with E-state index < -0.39 is 0 Å². The van der Waals surface area contributed by atoms with Crippen LogP contribution < -0.4 is 0 Å². The van der Waals surface area contributed by atoms with Crippen LogP contribution in [0, 0.1) is 0 Å². The van der Waals surface area contributed by atoms with E-state index in [0.717, 1.165) is 38.2 Å². The molecular formula is C15H24N2O. The number of hydrogen-bond acceptors (Lipinski definition) is 3. The monoisotopic (exact) mass is 248 g/mol. The van der Waals surface area contributed by atoms with Crippen LogP contribution in [0.1, 0.15) is 44.9 Å². The first-order valence-corrected chi connectivity index (χ1v) is 6.81. The number of nitrogens with zero attached hydrogens (tertiary/aromatic N) is 2. The van der Waals surface area contributed by atoms with E-state index >= 15 is 0 Å².